The van der Waals surface area contributed by atoms with Crippen molar-refractivity contribution in [1.82, 2.24) is 24.8 Å². The molecule has 194 valence electrons. The van der Waals surface area contributed by atoms with Gasteiger partial charge in [0.2, 0.25) is 5.91 Å². The lowest BCUT2D eigenvalue weighted by Crippen LogP contribution is -2.45. The zero-order valence-electron chi connectivity index (χ0n) is 20.7. The van der Waals surface area contributed by atoms with Crippen LogP contribution in [0.15, 0.2) is 73.3 Å². The van der Waals surface area contributed by atoms with Crippen LogP contribution in [0.1, 0.15) is 36.6 Å². The number of nitrogens with one attached hydrogen (secondary N) is 1. The maximum Gasteiger partial charge on any atom is 0.282 e. The molecule has 1 atom stereocenters. The van der Waals surface area contributed by atoms with Crippen LogP contribution < -0.4 is 10.1 Å². The minimum Gasteiger partial charge on any atom is -0.491 e. The summed E-state index contributed by atoms with van der Waals surface area (Å²) in [6.07, 6.45) is 0.436. The molecule has 0 unspecified atom stereocenters. The first-order chi connectivity index (χ1) is 18.5. The molecule has 7 nitrogen and oxygen atoms in total. The Bertz CT molecular complexity index is 1500. The predicted molar refractivity (Wildman–Crippen MR) is 140 cm³/mol. The summed E-state index contributed by atoms with van der Waals surface area (Å²) in [5, 5.41) is 7.90. The van der Waals surface area contributed by atoms with E-state index in [9.17, 15) is 13.6 Å². The fraction of sp³-hybridized carbons (Fsp3) is 0.276. The largest absolute Gasteiger partial charge is 0.491 e. The van der Waals surface area contributed by atoms with Gasteiger partial charge in [0.1, 0.15) is 23.7 Å². The molecule has 4 aromatic rings. The minimum atomic E-state index is -2.68. The van der Waals surface area contributed by atoms with Crippen LogP contribution in [-0.4, -0.2) is 51.1 Å². The van der Waals surface area contributed by atoms with Crippen LogP contribution in [0.3, 0.4) is 0 Å². The number of carbonyl (C=O) groups is 1. The average Bonchev–Trinajstić information content (AvgIpc) is 3.54. The van der Waals surface area contributed by atoms with Crippen LogP contribution in [0, 0.1) is 0 Å². The van der Waals surface area contributed by atoms with E-state index in [1.807, 2.05) is 53.4 Å². The van der Waals surface area contributed by atoms with Crippen LogP contribution in [0.5, 0.6) is 5.75 Å². The van der Waals surface area contributed by atoms with Crippen molar-refractivity contribution in [3.05, 3.63) is 84.6 Å². The van der Waals surface area contributed by atoms with E-state index in [4.69, 9.17) is 9.72 Å². The molecule has 0 spiro atoms. The third-order valence-electron chi connectivity index (χ3n) is 7.25. The quantitative estimate of drug-likeness (QED) is 0.358. The topological polar surface area (TPSA) is 71.8 Å². The lowest BCUT2D eigenvalue weighted by Gasteiger charge is -2.33. The van der Waals surface area contributed by atoms with E-state index in [-0.39, 0.29) is 17.6 Å². The minimum absolute atomic E-state index is 0.0204. The fourth-order valence-electron chi connectivity index (χ4n) is 5.30. The number of ether oxygens (including phenoxy) is 1. The summed E-state index contributed by atoms with van der Waals surface area (Å²) in [7, 11) is 0. The van der Waals surface area contributed by atoms with Crippen LogP contribution in [-0.2, 0) is 4.79 Å². The molecule has 2 aromatic heterocycles. The molecule has 2 aliphatic heterocycles. The van der Waals surface area contributed by atoms with Gasteiger partial charge in [-0.2, -0.15) is 5.10 Å². The van der Waals surface area contributed by atoms with Gasteiger partial charge in [0, 0.05) is 35.8 Å². The first kappa shape index (κ1) is 24.2. The molecule has 38 heavy (non-hydrogen) atoms. The predicted octanol–water partition coefficient (Wildman–Crippen LogP) is 5.20. The maximum atomic E-state index is 13.4. The number of alkyl halides is 2. The van der Waals surface area contributed by atoms with Crippen molar-refractivity contribution in [2.24, 2.45) is 0 Å². The van der Waals surface area contributed by atoms with Gasteiger partial charge in [-0.25, -0.2) is 18.3 Å². The zero-order valence-corrected chi connectivity index (χ0v) is 20.7. The zero-order chi connectivity index (χ0) is 26.2. The number of aromatic nitrogens is 3. The smallest absolute Gasteiger partial charge is 0.282 e. The molecule has 9 heteroatoms. The van der Waals surface area contributed by atoms with Gasteiger partial charge in [-0.05, 0) is 37.1 Å². The van der Waals surface area contributed by atoms with Gasteiger partial charge in [0.25, 0.3) is 6.43 Å². The summed E-state index contributed by atoms with van der Waals surface area (Å²) in [6.45, 7) is 5.50. The third-order valence-corrected chi connectivity index (χ3v) is 7.25. The molecule has 0 bridgehead atoms. The number of imidazole rings is 1. The SMILES string of the molecule is C=CC(=O)N1CCC(N[C@H]2COc3cc(-c4nc5ccc(C(F)F)nn5c4-c4ccccc4)ccc32)CC1. The Balaban J connectivity index is 1.30. The fourth-order valence-corrected chi connectivity index (χ4v) is 5.30. The van der Waals surface area contributed by atoms with Crippen molar-refractivity contribution in [2.75, 3.05) is 19.7 Å². The van der Waals surface area contributed by atoms with Gasteiger partial charge in [-0.3, -0.25) is 4.79 Å². The monoisotopic (exact) mass is 515 g/mol. The van der Waals surface area contributed by atoms with Crippen LogP contribution in [0.25, 0.3) is 28.2 Å². The summed E-state index contributed by atoms with van der Waals surface area (Å²) < 4.78 is 34.5. The van der Waals surface area contributed by atoms with Gasteiger partial charge >= 0.3 is 0 Å². The number of amides is 1. The number of fused-ring (bicyclic) bond motifs is 2. The molecule has 1 fully saturated rings. The van der Waals surface area contributed by atoms with Gasteiger partial charge in [0.05, 0.1) is 11.7 Å². The molecule has 0 saturated carbocycles. The number of hydrogen-bond acceptors (Lipinski definition) is 5. The van der Waals surface area contributed by atoms with Gasteiger partial charge in [-0.15, -0.1) is 0 Å². The highest BCUT2D eigenvalue weighted by Crippen LogP contribution is 2.39. The summed E-state index contributed by atoms with van der Waals surface area (Å²) in [6, 6.07) is 18.8. The number of hydrogen-bond donors (Lipinski definition) is 1. The lowest BCUT2D eigenvalue weighted by atomic mass is 9.99. The Morgan fingerprint density at radius 3 is 2.61 bits per heavy atom. The Morgan fingerprint density at radius 2 is 1.87 bits per heavy atom. The van der Waals surface area contributed by atoms with Crippen molar-refractivity contribution >= 4 is 11.6 Å². The molecule has 2 aromatic carbocycles. The van der Waals surface area contributed by atoms with E-state index in [1.165, 1.54) is 16.7 Å². The van der Waals surface area contributed by atoms with Crippen LogP contribution >= 0.6 is 0 Å². The number of halogens is 2. The van der Waals surface area contributed by atoms with E-state index < -0.39 is 6.43 Å². The Hall–Kier alpha value is -4.11. The molecule has 2 aliphatic rings. The van der Waals surface area contributed by atoms with E-state index >= 15 is 0 Å². The highest BCUT2D eigenvalue weighted by Gasteiger charge is 2.30. The van der Waals surface area contributed by atoms with Crippen molar-refractivity contribution in [1.29, 1.82) is 0 Å². The Morgan fingerprint density at radius 1 is 1.08 bits per heavy atom. The highest BCUT2D eigenvalue weighted by atomic mass is 19.3. The van der Waals surface area contributed by atoms with E-state index in [1.54, 1.807) is 6.07 Å². The van der Waals surface area contributed by atoms with E-state index in [0.29, 0.717) is 42.8 Å². The number of carbonyl (C=O) groups excluding carboxylic acids is 1. The number of nitrogens with zero attached hydrogens (tertiary/aromatic N) is 4. The van der Waals surface area contributed by atoms with Crippen molar-refractivity contribution in [3.63, 3.8) is 0 Å². The molecule has 1 amide bonds. The number of rotatable bonds is 6. The molecule has 0 aliphatic carbocycles. The summed E-state index contributed by atoms with van der Waals surface area (Å²) in [5.74, 6) is 0.754. The standard InChI is InChI=1S/C29H27F2N5O2/c1-2-26(37)35-14-12-20(13-15-35)32-23-17-38-24-16-19(8-9-21(23)24)27-28(18-6-4-3-5-7-18)36-25(33-27)11-10-22(34-36)29(30)31/h2-11,16,20,23,29,32H,1,12-15,17H2/t23-/m0/s1. The summed E-state index contributed by atoms with van der Waals surface area (Å²) in [5.41, 5.74) is 4.21. The van der Waals surface area contributed by atoms with E-state index in [0.717, 1.165) is 35.3 Å². The number of likely N-dealkylation sites (tertiary alicyclic amines) is 1. The van der Waals surface area contributed by atoms with Gasteiger partial charge < -0.3 is 15.0 Å². The maximum absolute atomic E-state index is 13.4. The molecule has 1 saturated heterocycles. The van der Waals surface area contributed by atoms with E-state index in [2.05, 4.69) is 17.0 Å². The molecule has 1 N–H and O–H groups in total. The molecular weight excluding hydrogens is 488 g/mol. The van der Waals surface area contributed by atoms with Crippen LogP contribution in [0.4, 0.5) is 8.78 Å². The molecule has 6 rings (SSSR count). The van der Waals surface area contributed by atoms with Crippen molar-refractivity contribution < 1.29 is 18.3 Å². The average molecular weight is 516 g/mol. The summed E-state index contributed by atoms with van der Waals surface area (Å²) in [4.78, 5) is 18.5. The molecule has 4 heterocycles. The first-order valence-electron chi connectivity index (χ1n) is 12.7. The van der Waals surface area contributed by atoms with Crippen molar-refractivity contribution in [3.8, 4) is 28.3 Å². The molecule has 0 radical (unpaired) electrons. The lowest BCUT2D eigenvalue weighted by molar-refractivity contribution is -0.127. The first-order valence-corrected chi connectivity index (χ1v) is 12.7. The van der Waals surface area contributed by atoms with Gasteiger partial charge in [0.15, 0.2) is 5.65 Å². The second kappa shape index (κ2) is 9.98. The second-order valence-corrected chi connectivity index (χ2v) is 9.59. The second-order valence-electron chi connectivity index (χ2n) is 9.59. The van der Waals surface area contributed by atoms with Crippen LogP contribution in [0.2, 0.25) is 0 Å². The normalized spacial score (nSPS) is 17.6. The highest BCUT2D eigenvalue weighted by molar-refractivity contribution is 5.87. The number of piperidine rings is 1. The third kappa shape index (κ3) is 4.43. The number of benzene rings is 2. The molecular formula is C29H27F2N5O2. The van der Waals surface area contributed by atoms with Gasteiger partial charge in [-0.1, -0.05) is 49.0 Å². The Kier molecular flexibility index (Phi) is 6.37. The summed E-state index contributed by atoms with van der Waals surface area (Å²) >= 11 is 0. The van der Waals surface area contributed by atoms with Crippen molar-refractivity contribution in [2.45, 2.75) is 31.4 Å². The Labute approximate surface area is 218 Å².